The Balaban J connectivity index is 2.53. The average Bonchev–Trinajstić information content (AvgIpc) is 2.75. The second-order valence-electron chi connectivity index (χ2n) is 3.51. The van der Waals surface area contributed by atoms with E-state index >= 15 is 0 Å². The van der Waals surface area contributed by atoms with Crippen LogP contribution in [0.15, 0.2) is 22.7 Å². The van der Waals surface area contributed by atoms with Gasteiger partial charge in [-0.3, -0.25) is 0 Å². The van der Waals surface area contributed by atoms with Crippen LogP contribution in [0.2, 0.25) is 0 Å². The standard InChI is InChI=1S/C11H9NO5/c1-5-2-3-6(10(14)9(5)13)8-4-7(11(15)16)12-17-8/h2-4,13-14H,1H3,(H,15,16). The summed E-state index contributed by atoms with van der Waals surface area (Å²) < 4.78 is 4.79. The Morgan fingerprint density at radius 3 is 2.59 bits per heavy atom. The van der Waals surface area contributed by atoms with Gasteiger partial charge in [0.2, 0.25) is 0 Å². The van der Waals surface area contributed by atoms with Gasteiger partial charge >= 0.3 is 5.97 Å². The van der Waals surface area contributed by atoms with Crippen molar-refractivity contribution < 1.29 is 24.6 Å². The normalized spacial score (nSPS) is 10.4. The van der Waals surface area contributed by atoms with Gasteiger partial charge in [0.05, 0.1) is 5.56 Å². The van der Waals surface area contributed by atoms with Crippen molar-refractivity contribution in [3.05, 3.63) is 29.5 Å². The second kappa shape index (κ2) is 3.82. The third-order valence-electron chi connectivity index (χ3n) is 2.35. The SMILES string of the molecule is Cc1ccc(-c2cc(C(=O)O)no2)c(O)c1O. The third kappa shape index (κ3) is 1.80. The van der Waals surface area contributed by atoms with E-state index in [2.05, 4.69) is 5.16 Å². The lowest BCUT2D eigenvalue weighted by molar-refractivity contribution is 0.0686. The first-order valence-corrected chi connectivity index (χ1v) is 4.72. The lowest BCUT2D eigenvalue weighted by atomic mass is 10.1. The molecule has 2 rings (SSSR count). The number of rotatable bonds is 2. The monoisotopic (exact) mass is 235 g/mol. The molecular weight excluding hydrogens is 226 g/mol. The molecule has 0 fully saturated rings. The van der Waals surface area contributed by atoms with Crippen molar-refractivity contribution in [2.45, 2.75) is 6.92 Å². The molecule has 2 aromatic rings. The topological polar surface area (TPSA) is 104 Å². The van der Waals surface area contributed by atoms with Crippen LogP contribution in [0.25, 0.3) is 11.3 Å². The van der Waals surface area contributed by atoms with Crippen LogP contribution >= 0.6 is 0 Å². The first kappa shape index (κ1) is 11.0. The summed E-state index contributed by atoms with van der Waals surface area (Å²) in [6.45, 7) is 1.63. The number of phenols is 2. The van der Waals surface area contributed by atoms with Gasteiger partial charge in [-0.15, -0.1) is 0 Å². The molecule has 0 bridgehead atoms. The van der Waals surface area contributed by atoms with Crippen molar-refractivity contribution in [2.75, 3.05) is 0 Å². The summed E-state index contributed by atoms with van der Waals surface area (Å²) in [6.07, 6.45) is 0. The molecule has 3 N–H and O–H groups in total. The van der Waals surface area contributed by atoms with Crippen LogP contribution in [0.1, 0.15) is 16.1 Å². The highest BCUT2D eigenvalue weighted by molar-refractivity contribution is 5.87. The molecule has 1 aromatic carbocycles. The number of carboxylic acids is 1. The highest BCUT2D eigenvalue weighted by Gasteiger charge is 2.17. The number of phenolic OH excluding ortho intramolecular Hbond substituents is 2. The molecule has 0 spiro atoms. The Labute approximate surface area is 95.7 Å². The lowest BCUT2D eigenvalue weighted by Gasteiger charge is -2.04. The number of aryl methyl sites for hydroxylation is 1. The van der Waals surface area contributed by atoms with Crippen molar-refractivity contribution in [3.8, 4) is 22.8 Å². The van der Waals surface area contributed by atoms with E-state index in [0.717, 1.165) is 0 Å². The quantitative estimate of drug-likeness (QED) is 0.685. The van der Waals surface area contributed by atoms with Gasteiger partial charge in [-0.05, 0) is 18.6 Å². The zero-order valence-electron chi connectivity index (χ0n) is 8.84. The molecular formula is C11H9NO5. The van der Waals surface area contributed by atoms with Crippen LogP contribution in [0, 0.1) is 6.92 Å². The number of aromatic nitrogens is 1. The highest BCUT2D eigenvalue weighted by atomic mass is 16.5. The first-order valence-electron chi connectivity index (χ1n) is 4.72. The van der Waals surface area contributed by atoms with Gasteiger partial charge in [0.1, 0.15) is 0 Å². The van der Waals surface area contributed by atoms with Crippen LogP contribution in [-0.4, -0.2) is 26.4 Å². The summed E-state index contributed by atoms with van der Waals surface area (Å²) in [5, 5.41) is 31.2. The molecule has 0 aliphatic rings. The van der Waals surface area contributed by atoms with E-state index in [1.54, 1.807) is 13.0 Å². The van der Waals surface area contributed by atoms with Gasteiger partial charge in [0.25, 0.3) is 0 Å². The molecule has 0 radical (unpaired) electrons. The van der Waals surface area contributed by atoms with E-state index in [1.165, 1.54) is 12.1 Å². The summed E-state index contributed by atoms with van der Waals surface area (Å²) in [5.41, 5.74) is 0.428. The van der Waals surface area contributed by atoms with Gasteiger partial charge in [0.15, 0.2) is 23.0 Å². The van der Waals surface area contributed by atoms with Crippen LogP contribution < -0.4 is 0 Å². The minimum atomic E-state index is -1.23. The van der Waals surface area contributed by atoms with E-state index < -0.39 is 5.97 Å². The minimum Gasteiger partial charge on any atom is -0.504 e. The zero-order chi connectivity index (χ0) is 12.6. The summed E-state index contributed by atoms with van der Waals surface area (Å²) in [6, 6.07) is 4.26. The largest absolute Gasteiger partial charge is 0.504 e. The second-order valence-corrected chi connectivity index (χ2v) is 3.51. The molecule has 0 aliphatic heterocycles. The van der Waals surface area contributed by atoms with E-state index in [9.17, 15) is 15.0 Å². The molecule has 88 valence electrons. The predicted molar refractivity (Wildman–Crippen MR) is 57.0 cm³/mol. The van der Waals surface area contributed by atoms with Gasteiger partial charge in [-0.25, -0.2) is 4.79 Å². The lowest BCUT2D eigenvalue weighted by Crippen LogP contribution is -1.94. The van der Waals surface area contributed by atoms with Crippen molar-refractivity contribution in [3.63, 3.8) is 0 Å². The molecule has 0 saturated heterocycles. The fourth-order valence-electron chi connectivity index (χ4n) is 1.38. The van der Waals surface area contributed by atoms with Crippen molar-refractivity contribution >= 4 is 5.97 Å². The van der Waals surface area contributed by atoms with Crippen LogP contribution in [0.5, 0.6) is 11.5 Å². The van der Waals surface area contributed by atoms with E-state index in [0.29, 0.717) is 5.56 Å². The van der Waals surface area contributed by atoms with Crippen molar-refractivity contribution in [1.29, 1.82) is 0 Å². The zero-order valence-corrected chi connectivity index (χ0v) is 8.84. The number of aromatic carboxylic acids is 1. The summed E-state index contributed by atoms with van der Waals surface area (Å²) >= 11 is 0. The highest BCUT2D eigenvalue weighted by Crippen LogP contribution is 2.38. The third-order valence-corrected chi connectivity index (χ3v) is 2.35. The first-order chi connectivity index (χ1) is 8.00. The molecule has 6 nitrogen and oxygen atoms in total. The molecule has 1 heterocycles. The molecule has 0 aliphatic carbocycles. The van der Waals surface area contributed by atoms with E-state index in [4.69, 9.17) is 9.63 Å². The Hall–Kier alpha value is -2.50. The maximum absolute atomic E-state index is 10.6. The Bertz CT molecular complexity index is 588. The molecule has 0 unspecified atom stereocenters. The van der Waals surface area contributed by atoms with Crippen molar-refractivity contribution in [1.82, 2.24) is 5.16 Å². The maximum atomic E-state index is 10.6. The van der Waals surface area contributed by atoms with Crippen LogP contribution in [-0.2, 0) is 0 Å². The minimum absolute atomic E-state index is 0.0789. The average molecular weight is 235 g/mol. The number of benzene rings is 1. The maximum Gasteiger partial charge on any atom is 0.358 e. The fraction of sp³-hybridized carbons (Fsp3) is 0.0909. The molecule has 0 amide bonds. The molecule has 0 saturated carbocycles. The summed E-state index contributed by atoms with van der Waals surface area (Å²) in [4.78, 5) is 10.6. The fourth-order valence-corrected chi connectivity index (χ4v) is 1.38. The predicted octanol–water partition coefficient (Wildman–Crippen LogP) is 1.76. The van der Waals surface area contributed by atoms with E-state index in [-0.39, 0.29) is 28.5 Å². The van der Waals surface area contributed by atoms with Crippen molar-refractivity contribution in [2.24, 2.45) is 0 Å². The number of carbonyl (C=O) groups is 1. The summed E-state index contributed by atoms with van der Waals surface area (Å²) in [7, 11) is 0. The number of carboxylic acid groups (broad SMARTS) is 1. The molecule has 0 atom stereocenters. The number of hydrogen-bond donors (Lipinski definition) is 3. The van der Waals surface area contributed by atoms with Gasteiger partial charge in [-0.1, -0.05) is 11.2 Å². The van der Waals surface area contributed by atoms with Gasteiger partial charge in [0, 0.05) is 6.07 Å². The van der Waals surface area contributed by atoms with Crippen LogP contribution in [0.3, 0.4) is 0 Å². The molecule has 17 heavy (non-hydrogen) atoms. The Kier molecular flexibility index (Phi) is 2.47. The van der Waals surface area contributed by atoms with Crippen LogP contribution in [0.4, 0.5) is 0 Å². The molecule has 1 aromatic heterocycles. The number of nitrogens with zero attached hydrogens (tertiary/aromatic N) is 1. The number of aromatic hydroxyl groups is 2. The Morgan fingerprint density at radius 2 is 2.00 bits per heavy atom. The number of hydrogen-bond acceptors (Lipinski definition) is 5. The Morgan fingerprint density at radius 1 is 1.29 bits per heavy atom. The smallest absolute Gasteiger partial charge is 0.358 e. The molecule has 6 heteroatoms. The van der Waals surface area contributed by atoms with Gasteiger partial charge < -0.3 is 19.8 Å². The van der Waals surface area contributed by atoms with E-state index in [1.807, 2.05) is 0 Å². The summed E-state index contributed by atoms with van der Waals surface area (Å²) in [5.74, 6) is -1.78. The van der Waals surface area contributed by atoms with Gasteiger partial charge in [-0.2, -0.15) is 0 Å².